The van der Waals surface area contributed by atoms with Gasteiger partial charge in [-0.2, -0.15) is 0 Å². The first-order valence-corrected chi connectivity index (χ1v) is 6.16. The summed E-state index contributed by atoms with van der Waals surface area (Å²) < 4.78 is 24.4. The molecule has 0 aliphatic heterocycles. The maximum Gasteiger partial charge on any atom is 0.170 e. The number of hydrogen-bond donors (Lipinski definition) is 0. The maximum absolute atomic E-state index is 13.5. The lowest BCUT2D eigenvalue weighted by atomic mass is 10.2. The van der Waals surface area contributed by atoms with Gasteiger partial charge in [-0.1, -0.05) is 35.9 Å². The van der Waals surface area contributed by atoms with Crippen LogP contribution < -0.4 is 4.74 Å². The Bertz CT molecular complexity index is 721. The van der Waals surface area contributed by atoms with Crippen molar-refractivity contribution in [3.8, 4) is 5.75 Å². The Hall–Kier alpha value is -2.00. The second kappa shape index (κ2) is 4.94. The summed E-state index contributed by atoms with van der Waals surface area (Å²) in [5, 5.41) is 1.25. The number of para-hydroxylation sites is 2. The molecule has 0 saturated carbocycles. The Balaban J connectivity index is 1.83. The highest BCUT2D eigenvalue weighted by Gasteiger charge is 2.09. The highest BCUT2D eigenvalue weighted by atomic mass is 35.5. The van der Waals surface area contributed by atoms with Gasteiger partial charge >= 0.3 is 0 Å². The summed E-state index contributed by atoms with van der Waals surface area (Å²) in [6.07, 6.45) is 0. The van der Waals surface area contributed by atoms with Crippen LogP contribution in [0.4, 0.5) is 4.39 Å². The summed E-state index contributed by atoms with van der Waals surface area (Å²) in [4.78, 5) is 0. The van der Waals surface area contributed by atoms with E-state index in [0.717, 1.165) is 5.39 Å². The van der Waals surface area contributed by atoms with E-state index in [2.05, 4.69) is 0 Å². The molecule has 2 aromatic carbocycles. The van der Waals surface area contributed by atoms with E-state index in [1.54, 1.807) is 30.3 Å². The molecule has 0 aliphatic rings. The number of halogens is 2. The summed E-state index contributed by atoms with van der Waals surface area (Å²) in [6, 6.07) is 13.7. The summed E-state index contributed by atoms with van der Waals surface area (Å²) in [5.74, 6) is 0.756. The second-order valence-electron chi connectivity index (χ2n) is 4.09. The molecule has 0 saturated heterocycles. The Kier molecular flexibility index (Phi) is 3.13. The van der Waals surface area contributed by atoms with Gasteiger partial charge in [-0.3, -0.25) is 0 Å². The van der Waals surface area contributed by atoms with Gasteiger partial charge in [-0.25, -0.2) is 4.39 Å². The standard InChI is InChI=1S/C15H10ClFO2/c16-12-5-1-2-7-14(12)18-9-11-8-10-4-3-6-13(17)15(10)19-11/h1-8H,9H2. The molecule has 1 aromatic heterocycles. The second-order valence-corrected chi connectivity index (χ2v) is 4.50. The van der Waals surface area contributed by atoms with Crippen LogP contribution in [0.25, 0.3) is 11.0 Å². The Morgan fingerprint density at radius 2 is 1.95 bits per heavy atom. The van der Waals surface area contributed by atoms with Gasteiger partial charge in [-0.15, -0.1) is 0 Å². The van der Waals surface area contributed by atoms with Crippen LogP contribution in [-0.4, -0.2) is 0 Å². The third kappa shape index (κ3) is 2.42. The van der Waals surface area contributed by atoms with Gasteiger partial charge in [0.1, 0.15) is 18.1 Å². The van der Waals surface area contributed by atoms with Gasteiger partial charge in [0, 0.05) is 5.39 Å². The highest BCUT2D eigenvalue weighted by Crippen LogP contribution is 2.26. The molecule has 19 heavy (non-hydrogen) atoms. The highest BCUT2D eigenvalue weighted by molar-refractivity contribution is 6.32. The van der Waals surface area contributed by atoms with Crippen molar-refractivity contribution in [1.29, 1.82) is 0 Å². The molecule has 0 radical (unpaired) electrons. The molecule has 0 amide bonds. The van der Waals surface area contributed by atoms with E-state index in [9.17, 15) is 4.39 Å². The van der Waals surface area contributed by atoms with Crippen molar-refractivity contribution < 1.29 is 13.5 Å². The van der Waals surface area contributed by atoms with Crippen LogP contribution in [0.3, 0.4) is 0 Å². The Morgan fingerprint density at radius 1 is 1.11 bits per heavy atom. The lowest BCUT2D eigenvalue weighted by Crippen LogP contribution is -1.93. The van der Waals surface area contributed by atoms with Crippen LogP contribution in [0.2, 0.25) is 5.02 Å². The largest absolute Gasteiger partial charge is 0.484 e. The third-order valence-corrected chi connectivity index (χ3v) is 3.07. The van der Waals surface area contributed by atoms with E-state index in [4.69, 9.17) is 20.8 Å². The third-order valence-electron chi connectivity index (χ3n) is 2.75. The fourth-order valence-corrected chi connectivity index (χ4v) is 2.05. The monoisotopic (exact) mass is 276 g/mol. The van der Waals surface area contributed by atoms with Crippen LogP contribution >= 0.6 is 11.6 Å². The first kappa shape index (κ1) is 12.1. The topological polar surface area (TPSA) is 22.4 Å². The fraction of sp³-hybridized carbons (Fsp3) is 0.0667. The van der Waals surface area contributed by atoms with Crippen LogP contribution in [0, 0.1) is 5.82 Å². The van der Waals surface area contributed by atoms with Crippen molar-refractivity contribution in [1.82, 2.24) is 0 Å². The number of benzene rings is 2. The molecule has 0 spiro atoms. The number of ether oxygens (including phenoxy) is 1. The first-order chi connectivity index (χ1) is 9.24. The van der Waals surface area contributed by atoms with Crippen molar-refractivity contribution in [3.63, 3.8) is 0 Å². The van der Waals surface area contributed by atoms with E-state index in [-0.39, 0.29) is 18.0 Å². The molecule has 0 aliphatic carbocycles. The van der Waals surface area contributed by atoms with Gasteiger partial charge in [0.15, 0.2) is 11.4 Å². The van der Waals surface area contributed by atoms with Crippen LogP contribution in [0.15, 0.2) is 52.9 Å². The number of hydrogen-bond acceptors (Lipinski definition) is 2. The van der Waals surface area contributed by atoms with Crippen LogP contribution in [0.1, 0.15) is 5.76 Å². The number of rotatable bonds is 3. The van der Waals surface area contributed by atoms with E-state index in [0.29, 0.717) is 16.5 Å². The van der Waals surface area contributed by atoms with E-state index in [1.807, 2.05) is 12.1 Å². The zero-order valence-corrected chi connectivity index (χ0v) is 10.7. The fourth-order valence-electron chi connectivity index (χ4n) is 1.86. The zero-order valence-electron chi connectivity index (χ0n) is 9.90. The van der Waals surface area contributed by atoms with Gasteiger partial charge in [0.25, 0.3) is 0 Å². The maximum atomic E-state index is 13.5. The van der Waals surface area contributed by atoms with Gasteiger partial charge in [0.2, 0.25) is 0 Å². The minimum atomic E-state index is -0.374. The van der Waals surface area contributed by atoms with E-state index in [1.165, 1.54) is 6.07 Å². The molecule has 3 aromatic rings. The number of furan rings is 1. The molecule has 4 heteroatoms. The zero-order chi connectivity index (χ0) is 13.2. The molecule has 96 valence electrons. The van der Waals surface area contributed by atoms with Crippen molar-refractivity contribution in [3.05, 3.63) is 65.1 Å². The normalized spacial score (nSPS) is 10.8. The molecule has 3 rings (SSSR count). The van der Waals surface area contributed by atoms with E-state index >= 15 is 0 Å². The minimum absolute atomic E-state index is 0.206. The summed E-state index contributed by atoms with van der Waals surface area (Å²) >= 11 is 5.98. The van der Waals surface area contributed by atoms with Crippen LogP contribution in [0.5, 0.6) is 5.75 Å². The average molecular weight is 277 g/mol. The molecular weight excluding hydrogens is 267 g/mol. The molecule has 2 nitrogen and oxygen atoms in total. The lowest BCUT2D eigenvalue weighted by Gasteiger charge is -2.05. The number of fused-ring (bicyclic) bond motifs is 1. The quantitative estimate of drug-likeness (QED) is 0.685. The van der Waals surface area contributed by atoms with Crippen molar-refractivity contribution >= 4 is 22.6 Å². The van der Waals surface area contributed by atoms with Crippen molar-refractivity contribution in [2.45, 2.75) is 6.61 Å². The SMILES string of the molecule is Fc1cccc2cc(COc3ccccc3Cl)oc12. The average Bonchev–Trinajstić information content (AvgIpc) is 2.82. The molecule has 0 fully saturated rings. The molecule has 0 N–H and O–H groups in total. The minimum Gasteiger partial charge on any atom is -0.484 e. The first-order valence-electron chi connectivity index (χ1n) is 5.78. The molecule has 0 unspecified atom stereocenters. The molecular formula is C15H10ClFO2. The Labute approximate surface area is 114 Å². The Morgan fingerprint density at radius 3 is 2.74 bits per heavy atom. The molecule has 0 atom stereocenters. The van der Waals surface area contributed by atoms with Crippen molar-refractivity contribution in [2.75, 3.05) is 0 Å². The molecule has 0 bridgehead atoms. The predicted molar refractivity (Wildman–Crippen MR) is 72.0 cm³/mol. The lowest BCUT2D eigenvalue weighted by molar-refractivity contribution is 0.274. The summed E-state index contributed by atoms with van der Waals surface area (Å²) in [6.45, 7) is 0.206. The van der Waals surface area contributed by atoms with Crippen LogP contribution in [-0.2, 0) is 6.61 Å². The predicted octanol–water partition coefficient (Wildman–Crippen LogP) is 4.80. The molecule has 1 heterocycles. The van der Waals surface area contributed by atoms with Gasteiger partial charge in [-0.05, 0) is 24.3 Å². The van der Waals surface area contributed by atoms with E-state index < -0.39 is 0 Å². The van der Waals surface area contributed by atoms with Crippen molar-refractivity contribution in [2.24, 2.45) is 0 Å². The van der Waals surface area contributed by atoms with Gasteiger partial charge in [0.05, 0.1) is 5.02 Å². The summed E-state index contributed by atoms with van der Waals surface area (Å²) in [5.41, 5.74) is 0.250. The summed E-state index contributed by atoms with van der Waals surface area (Å²) in [7, 11) is 0. The smallest absolute Gasteiger partial charge is 0.170 e. The van der Waals surface area contributed by atoms with Gasteiger partial charge < -0.3 is 9.15 Å².